The molecule has 0 unspecified atom stereocenters. The molecule has 1 aliphatic carbocycles. The Morgan fingerprint density at radius 2 is 2.12 bits per heavy atom. The molecule has 0 atom stereocenters. The summed E-state index contributed by atoms with van der Waals surface area (Å²) in [5, 5.41) is 7.43. The van der Waals surface area contributed by atoms with Crippen LogP contribution in [0.3, 0.4) is 0 Å². The molecule has 96 valence electrons. The molecule has 0 spiro atoms. The number of ether oxygens (including phenoxy) is 1. The van der Waals surface area contributed by atoms with Crippen LogP contribution in [0.4, 0.5) is 0 Å². The van der Waals surface area contributed by atoms with E-state index >= 15 is 0 Å². The highest BCUT2D eigenvalue weighted by Gasteiger charge is 2.19. The Morgan fingerprint density at radius 1 is 1.29 bits per heavy atom. The maximum Gasteiger partial charge on any atom is 0.153 e. The predicted octanol–water partition coefficient (Wildman–Crippen LogP) is 2.82. The van der Waals surface area contributed by atoms with E-state index in [1.807, 2.05) is 6.92 Å². The van der Waals surface area contributed by atoms with Crippen molar-refractivity contribution in [1.82, 2.24) is 15.2 Å². The molecular weight excluding hydrogens is 214 g/mol. The van der Waals surface area contributed by atoms with E-state index in [0.717, 1.165) is 37.7 Å². The molecule has 2 rings (SSSR count). The lowest BCUT2D eigenvalue weighted by molar-refractivity contribution is 0.145. The molecule has 1 heterocycles. The molecule has 0 radical (unpaired) electrons. The summed E-state index contributed by atoms with van der Waals surface area (Å²) in [5.74, 6) is 2.65. The molecule has 1 aliphatic rings. The molecule has 17 heavy (non-hydrogen) atoms. The maximum atomic E-state index is 5.32. The molecule has 1 saturated carbocycles. The quantitative estimate of drug-likeness (QED) is 0.774. The van der Waals surface area contributed by atoms with Gasteiger partial charge in [0, 0.05) is 25.6 Å². The fraction of sp³-hybridized carbons (Fsp3) is 0.846. The van der Waals surface area contributed by atoms with Crippen LogP contribution in [0.25, 0.3) is 0 Å². The highest BCUT2D eigenvalue weighted by Crippen LogP contribution is 2.30. The van der Waals surface area contributed by atoms with Crippen molar-refractivity contribution in [3.63, 3.8) is 0 Å². The third-order valence-electron chi connectivity index (χ3n) is 3.43. The lowest BCUT2D eigenvalue weighted by Gasteiger charge is -2.17. The lowest BCUT2D eigenvalue weighted by Crippen LogP contribution is -2.06. The van der Waals surface area contributed by atoms with Gasteiger partial charge in [-0.2, -0.15) is 5.10 Å². The topological polar surface area (TPSA) is 50.8 Å². The van der Waals surface area contributed by atoms with Gasteiger partial charge in [0.2, 0.25) is 0 Å². The summed E-state index contributed by atoms with van der Waals surface area (Å²) < 4.78 is 5.32. The van der Waals surface area contributed by atoms with Crippen LogP contribution in [-0.4, -0.2) is 28.4 Å². The second kappa shape index (κ2) is 6.74. The number of hydrogen-bond acceptors (Lipinski definition) is 3. The Balaban J connectivity index is 1.78. The Morgan fingerprint density at radius 3 is 2.88 bits per heavy atom. The van der Waals surface area contributed by atoms with Crippen molar-refractivity contribution in [2.75, 3.05) is 13.2 Å². The molecular formula is C13H23N3O. The van der Waals surface area contributed by atoms with Gasteiger partial charge in [0.1, 0.15) is 5.82 Å². The summed E-state index contributed by atoms with van der Waals surface area (Å²) in [4.78, 5) is 4.61. The van der Waals surface area contributed by atoms with Crippen LogP contribution in [0.1, 0.15) is 63.0 Å². The first-order valence-corrected chi connectivity index (χ1v) is 6.89. The van der Waals surface area contributed by atoms with Crippen molar-refractivity contribution in [3.8, 4) is 0 Å². The van der Waals surface area contributed by atoms with Gasteiger partial charge >= 0.3 is 0 Å². The van der Waals surface area contributed by atoms with Gasteiger partial charge in [0.25, 0.3) is 0 Å². The molecule has 0 amide bonds. The standard InChI is InChI=1S/C13H23N3O/c1-2-17-10-6-9-12-14-13(16-15-12)11-7-4-3-5-8-11/h11H,2-10H2,1H3,(H,14,15,16). The van der Waals surface area contributed by atoms with E-state index in [1.54, 1.807) is 0 Å². The van der Waals surface area contributed by atoms with Crippen molar-refractivity contribution in [2.24, 2.45) is 0 Å². The van der Waals surface area contributed by atoms with Gasteiger partial charge in [-0.15, -0.1) is 0 Å². The summed E-state index contributed by atoms with van der Waals surface area (Å²) in [5.41, 5.74) is 0. The van der Waals surface area contributed by atoms with E-state index in [1.165, 1.54) is 32.1 Å². The van der Waals surface area contributed by atoms with Crippen molar-refractivity contribution in [2.45, 2.75) is 57.8 Å². The molecule has 1 N–H and O–H groups in total. The monoisotopic (exact) mass is 237 g/mol. The van der Waals surface area contributed by atoms with Gasteiger partial charge in [0.15, 0.2) is 5.82 Å². The minimum Gasteiger partial charge on any atom is -0.382 e. The molecule has 1 fully saturated rings. The van der Waals surface area contributed by atoms with Crippen LogP contribution >= 0.6 is 0 Å². The van der Waals surface area contributed by atoms with E-state index in [2.05, 4.69) is 15.2 Å². The number of H-pyrrole nitrogens is 1. The van der Waals surface area contributed by atoms with E-state index in [9.17, 15) is 0 Å². The van der Waals surface area contributed by atoms with Crippen LogP contribution in [0, 0.1) is 0 Å². The summed E-state index contributed by atoms with van der Waals surface area (Å²) in [7, 11) is 0. The fourth-order valence-electron chi connectivity index (χ4n) is 2.45. The molecule has 0 bridgehead atoms. The van der Waals surface area contributed by atoms with Gasteiger partial charge < -0.3 is 4.74 Å². The van der Waals surface area contributed by atoms with Crippen molar-refractivity contribution in [1.29, 1.82) is 0 Å². The third kappa shape index (κ3) is 3.80. The SMILES string of the molecule is CCOCCCc1nc(C2CCCCC2)n[nH]1. The number of rotatable bonds is 6. The number of nitrogens with zero attached hydrogens (tertiary/aromatic N) is 2. The van der Waals surface area contributed by atoms with Gasteiger partial charge in [-0.05, 0) is 26.2 Å². The van der Waals surface area contributed by atoms with Gasteiger partial charge in [-0.1, -0.05) is 19.3 Å². The minimum atomic E-state index is 0.598. The average molecular weight is 237 g/mol. The number of aryl methyl sites for hydroxylation is 1. The Labute approximate surface area is 103 Å². The molecule has 0 aliphatic heterocycles. The van der Waals surface area contributed by atoms with E-state index in [4.69, 9.17) is 4.74 Å². The van der Waals surface area contributed by atoms with Crippen molar-refractivity contribution in [3.05, 3.63) is 11.6 Å². The normalized spacial score (nSPS) is 17.5. The average Bonchev–Trinajstić information content (AvgIpc) is 2.85. The Bertz CT molecular complexity index is 318. The van der Waals surface area contributed by atoms with Crippen molar-refractivity contribution >= 4 is 0 Å². The Hall–Kier alpha value is -0.900. The zero-order valence-corrected chi connectivity index (χ0v) is 10.7. The largest absolute Gasteiger partial charge is 0.382 e. The minimum absolute atomic E-state index is 0.598. The fourth-order valence-corrected chi connectivity index (χ4v) is 2.45. The lowest BCUT2D eigenvalue weighted by atomic mass is 9.89. The molecule has 0 saturated heterocycles. The van der Waals surface area contributed by atoms with Crippen LogP contribution in [-0.2, 0) is 11.2 Å². The predicted molar refractivity (Wildman–Crippen MR) is 67.0 cm³/mol. The Kier molecular flexibility index (Phi) is 4.98. The van der Waals surface area contributed by atoms with Gasteiger partial charge in [-0.25, -0.2) is 4.98 Å². The van der Waals surface area contributed by atoms with Gasteiger partial charge in [-0.3, -0.25) is 5.10 Å². The highest BCUT2D eigenvalue weighted by molar-refractivity contribution is 4.99. The van der Waals surface area contributed by atoms with E-state index < -0.39 is 0 Å². The molecule has 0 aromatic carbocycles. The first-order chi connectivity index (χ1) is 8.40. The summed E-state index contributed by atoms with van der Waals surface area (Å²) in [6.45, 7) is 3.63. The summed E-state index contributed by atoms with van der Waals surface area (Å²) in [6.07, 6.45) is 8.53. The first-order valence-electron chi connectivity index (χ1n) is 6.89. The molecule has 1 aromatic rings. The molecule has 4 heteroatoms. The van der Waals surface area contributed by atoms with Crippen molar-refractivity contribution < 1.29 is 4.74 Å². The zero-order chi connectivity index (χ0) is 11.9. The number of nitrogens with one attached hydrogen (secondary N) is 1. The molecule has 4 nitrogen and oxygen atoms in total. The number of aromatic nitrogens is 3. The zero-order valence-electron chi connectivity index (χ0n) is 10.7. The van der Waals surface area contributed by atoms with Crippen LogP contribution in [0.5, 0.6) is 0 Å². The highest BCUT2D eigenvalue weighted by atomic mass is 16.5. The second-order valence-corrected chi connectivity index (χ2v) is 4.78. The maximum absolute atomic E-state index is 5.32. The van der Waals surface area contributed by atoms with Crippen LogP contribution in [0.15, 0.2) is 0 Å². The van der Waals surface area contributed by atoms with Crippen LogP contribution < -0.4 is 0 Å². The first kappa shape index (κ1) is 12.6. The van der Waals surface area contributed by atoms with E-state index in [0.29, 0.717) is 5.92 Å². The summed E-state index contributed by atoms with van der Waals surface area (Å²) in [6, 6.07) is 0. The van der Waals surface area contributed by atoms with Crippen LogP contribution in [0.2, 0.25) is 0 Å². The van der Waals surface area contributed by atoms with Gasteiger partial charge in [0.05, 0.1) is 0 Å². The van der Waals surface area contributed by atoms with E-state index in [-0.39, 0.29) is 0 Å². The number of aromatic amines is 1. The smallest absolute Gasteiger partial charge is 0.153 e. The molecule has 1 aromatic heterocycles. The second-order valence-electron chi connectivity index (χ2n) is 4.78. The summed E-state index contributed by atoms with van der Waals surface area (Å²) >= 11 is 0. The number of hydrogen-bond donors (Lipinski definition) is 1. The third-order valence-corrected chi connectivity index (χ3v) is 3.43.